The summed E-state index contributed by atoms with van der Waals surface area (Å²) in [6.07, 6.45) is 8.63. The molecule has 0 radical (unpaired) electrons. The molecule has 0 saturated carbocycles. The Morgan fingerprint density at radius 3 is 2.00 bits per heavy atom. The molecular weight excluding hydrogens is 336 g/mol. The van der Waals surface area contributed by atoms with Gasteiger partial charge in [-0.1, -0.05) is 63.4 Å². The number of phenols is 2. The highest BCUT2D eigenvalue weighted by Crippen LogP contribution is 2.27. The van der Waals surface area contributed by atoms with Gasteiger partial charge in [0.15, 0.2) is 11.5 Å². The summed E-state index contributed by atoms with van der Waals surface area (Å²) in [5, 5.41) is 19.9. The summed E-state index contributed by atoms with van der Waals surface area (Å²) in [5.41, 5.74) is 2.26. The number of hydrogen-bond acceptors (Lipinski definition) is 3. The minimum absolute atomic E-state index is 0.108. The number of aryl methyl sites for hydroxylation is 1. The fraction of sp³-hybridized carbons (Fsp3) is 0.417. The van der Waals surface area contributed by atoms with Gasteiger partial charge in [0.25, 0.3) is 0 Å². The van der Waals surface area contributed by atoms with E-state index in [2.05, 4.69) is 18.8 Å². The van der Waals surface area contributed by atoms with Gasteiger partial charge in [-0.2, -0.15) is 0 Å². The first-order valence-electron chi connectivity index (χ1n) is 9.87. The van der Waals surface area contributed by atoms with Crippen molar-refractivity contribution in [3.05, 3.63) is 53.1 Å². The van der Waals surface area contributed by atoms with Crippen molar-refractivity contribution in [1.82, 2.24) is 0 Å². The maximum Gasteiger partial charge on any atom is 0.160 e. The van der Waals surface area contributed by atoms with Gasteiger partial charge in [0.05, 0.1) is 6.61 Å². The second kappa shape index (κ2) is 11.2. The zero-order chi connectivity index (χ0) is 19.5. The van der Waals surface area contributed by atoms with Crippen molar-refractivity contribution in [2.45, 2.75) is 58.8 Å². The number of unbranched alkanes of at least 4 members (excludes halogenated alkanes) is 6. The van der Waals surface area contributed by atoms with Crippen LogP contribution in [0.1, 0.15) is 68.6 Å². The largest absolute Gasteiger partial charge is 0.508 e. The first-order chi connectivity index (χ1) is 13.1. The van der Waals surface area contributed by atoms with Gasteiger partial charge in [0.1, 0.15) is 5.75 Å². The van der Waals surface area contributed by atoms with Gasteiger partial charge in [-0.15, -0.1) is 0 Å². The van der Waals surface area contributed by atoms with E-state index in [1.54, 1.807) is 18.2 Å². The molecule has 27 heavy (non-hydrogen) atoms. The fourth-order valence-electron chi connectivity index (χ4n) is 2.79. The highest BCUT2D eigenvalue weighted by Gasteiger charge is 2.03. The van der Waals surface area contributed by atoms with E-state index in [0.717, 1.165) is 24.0 Å². The molecule has 3 heteroatoms. The van der Waals surface area contributed by atoms with Crippen LogP contribution in [0.2, 0.25) is 0 Å². The number of aromatic hydroxyl groups is 2. The highest BCUT2D eigenvalue weighted by molar-refractivity contribution is 5.51. The van der Waals surface area contributed by atoms with Crippen LogP contribution in [0.5, 0.6) is 17.2 Å². The summed E-state index contributed by atoms with van der Waals surface area (Å²) < 4.78 is 5.68. The van der Waals surface area contributed by atoms with Crippen LogP contribution in [-0.4, -0.2) is 16.8 Å². The molecule has 2 aromatic rings. The number of phenolic OH excluding ortho intramolecular Hbond substituents is 2. The molecule has 0 aliphatic rings. The highest BCUT2D eigenvalue weighted by atomic mass is 16.5. The molecule has 0 aliphatic carbocycles. The maximum absolute atomic E-state index is 10.1. The van der Waals surface area contributed by atoms with Crippen molar-refractivity contribution in [2.75, 3.05) is 6.61 Å². The summed E-state index contributed by atoms with van der Waals surface area (Å²) >= 11 is 0. The molecule has 0 spiro atoms. The lowest BCUT2D eigenvalue weighted by molar-refractivity contribution is 0.288. The lowest BCUT2D eigenvalue weighted by Crippen LogP contribution is -1.97. The van der Waals surface area contributed by atoms with Crippen molar-refractivity contribution in [1.29, 1.82) is 0 Å². The third-order valence-electron chi connectivity index (χ3n) is 4.52. The third-order valence-corrected chi connectivity index (χ3v) is 4.52. The van der Waals surface area contributed by atoms with Crippen molar-refractivity contribution >= 4 is 0 Å². The Morgan fingerprint density at radius 1 is 0.778 bits per heavy atom. The lowest BCUT2D eigenvalue weighted by atomic mass is 10.1. The molecule has 0 atom stereocenters. The van der Waals surface area contributed by atoms with Crippen LogP contribution >= 0.6 is 0 Å². The normalized spacial score (nSPS) is 10.3. The van der Waals surface area contributed by atoms with Gasteiger partial charge in [0, 0.05) is 11.1 Å². The second-order valence-corrected chi connectivity index (χ2v) is 6.90. The van der Waals surface area contributed by atoms with E-state index >= 15 is 0 Å². The van der Waals surface area contributed by atoms with Crippen LogP contribution in [0, 0.1) is 18.8 Å². The summed E-state index contributed by atoms with van der Waals surface area (Å²) in [5.74, 6) is 6.84. The molecule has 2 N–H and O–H groups in total. The second-order valence-electron chi connectivity index (χ2n) is 6.90. The molecule has 0 bridgehead atoms. The van der Waals surface area contributed by atoms with E-state index in [4.69, 9.17) is 4.74 Å². The van der Waals surface area contributed by atoms with Crippen LogP contribution < -0.4 is 4.74 Å². The van der Waals surface area contributed by atoms with Gasteiger partial charge in [-0.05, 0) is 49.2 Å². The molecule has 0 aromatic heterocycles. The van der Waals surface area contributed by atoms with E-state index in [-0.39, 0.29) is 11.5 Å². The van der Waals surface area contributed by atoms with Crippen molar-refractivity contribution in [3.63, 3.8) is 0 Å². The van der Waals surface area contributed by atoms with Crippen LogP contribution in [0.3, 0.4) is 0 Å². The molecular formula is C24H30O3. The summed E-state index contributed by atoms with van der Waals surface area (Å²) in [7, 11) is 0. The molecule has 2 aromatic carbocycles. The molecule has 2 rings (SSSR count). The van der Waals surface area contributed by atoms with Crippen LogP contribution in [-0.2, 0) is 0 Å². The standard InChI is InChI=1S/C24H30O3/c1-3-4-5-6-7-8-9-16-27-24-15-14-21(18-23(24)26)13-12-20-11-10-19(2)22(25)17-20/h10-11,14-15,17-18,25-26H,3-9,16H2,1-2H3. The van der Waals surface area contributed by atoms with Gasteiger partial charge in [-0.25, -0.2) is 0 Å². The van der Waals surface area contributed by atoms with Crippen LogP contribution in [0.15, 0.2) is 36.4 Å². The van der Waals surface area contributed by atoms with E-state index in [9.17, 15) is 10.2 Å². The van der Waals surface area contributed by atoms with E-state index in [1.165, 1.54) is 32.1 Å². The minimum Gasteiger partial charge on any atom is -0.508 e. The fourth-order valence-corrected chi connectivity index (χ4v) is 2.79. The van der Waals surface area contributed by atoms with Crippen LogP contribution in [0.25, 0.3) is 0 Å². The molecule has 0 fully saturated rings. The van der Waals surface area contributed by atoms with Gasteiger partial charge < -0.3 is 14.9 Å². The quantitative estimate of drug-likeness (QED) is 0.427. The molecule has 0 saturated heterocycles. The molecule has 3 nitrogen and oxygen atoms in total. The Kier molecular flexibility index (Phi) is 8.58. The van der Waals surface area contributed by atoms with Crippen molar-refractivity contribution < 1.29 is 14.9 Å². The predicted octanol–water partition coefficient (Wildman–Crippen LogP) is 5.94. The van der Waals surface area contributed by atoms with E-state index in [1.807, 2.05) is 25.1 Å². The van der Waals surface area contributed by atoms with Gasteiger partial charge in [-0.3, -0.25) is 0 Å². The van der Waals surface area contributed by atoms with Gasteiger partial charge in [0.2, 0.25) is 0 Å². The smallest absolute Gasteiger partial charge is 0.160 e. The number of benzene rings is 2. The Labute approximate surface area is 163 Å². The Bertz CT molecular complexity index is 784. The van der Waals surface area contributed by atoms with Crippen molar-refractivity contribution in [3.8, 4) is 29.1 Å². The number of ether oxygens (including phenoxy) is 1. The Hall–Kier alpha value is -2.60. The molecule has 0 aliphatic heterocycles. The summed E-state index contributed by atoms with van der Waals surface area (Å²) in [4.78, 5) is 0. The lowest BCUT2D eigenvalue weighted by Gasteiger charge is -2.08. The predicted molar refractivity (Wildman–Crippen MR) is 110 cm³/mol. The molecule has 0 heterocycles. The minimum atomic E-state index is 0.108. The zero-order valence-electron chi connectivity index (χ0n) is 16.4. The van der Waals surface area contributed by atoms with Crippen LogP contribution in [0.4, 0.5) is 0 Å². The zero-order valence-corrected chi connectivity index (χ0v) is 16.4. The monoisotopic (exact) mass is 366 g/mol. The molecule has 0 unspecified atom stereocenters. The third kappa shape index (κ3) is 7.27. The average Bonchev–Trinajstić information content (AvgIpc) is 2.66. The number of hydrogen-bond donors (Lipinski definition) is 2. The van der Waals surface area contributed by atoms with E-state index < -0.39 is 0 Å². The molecule has 0 amide bonds. The first kappa shape index (κ1) is 20.7. The summed E-state index contributed by atoms with van der Waals surface area (Å²) in [6.45, 7) is 4.69. The maximum atomic E-state index is 10.1. The topological polar surface area (TPSA) is 49.7 Å². The van der Waals surface area contributed by atoms with Gasteiger partial charge >= 0.3 is 0 Å². The summed E-state index contributed by atoms with van der Waals surface area (Å²) in [6, 6.07) is 10.5. The van der Waals surface area contributed by atoms with E-state index in [0.29, 0.717) is 17.9 Å². The first-order valence-corrected chi connectivity index (χ1v) is 9.87. The molecule has 144 valence electrons. The number of rotatable bonds is 9. The van der Waals surface area contributed by atoms with Crippen molar-refractivity contribution in [2.24, 2.45) is 0 Å². The average molecular weight is 367 g/mol. The SMILES string of the molecule is CCCCCCCCCOc1ccc(C#Cc2ccc(C)c(O)c2)cc1O. The Balaban J connectivity index is 1.81. The Morgan fingerprint density at radius 2 is 1.37 bits per heavy atom.